The molecule has 0 N–H and O–H groups in total. The molecule has 0 saturated carbocycles. The number of amides is 2. The highest BCUT2D eigenvalue weighted by molar-refractivity contribution is 9.10. The summed E-state index contributed by atoms with van der Waals surface area (Å²) in [6.45, 7) is 0. The first kappa shape index (κ1) is 13.8. The van der Waals surface area contributed by atoms with Crippen molar-refractivity contribution in [3.05, 3.63) is 58.1 Å². The van der Waals surface area contributed by atoms with Gasteiger partial charge in [0.1, 0.15) is 0 Å². The quantitative estimate of drug-likeness (QED) is 0.784. The van der Waals surface area contributed by atoms with E-state index in [2.05, 4.69) is 15.9 Å². The van der Waals surface area contributed by atoms with Crippen LogP contribution in [0.5, 0.6) is 0 Å². The van der Waals surface area contributed by atoms with Gasteiger partial charge in [-0.15, -0.1) is 0 Å². The lowest BCUT2D eigenvalue weighted by molar-refractivity contribution is 0.0926. The van der Waals surface area contributed by atoms with E-state index >= 15 is 0 Å². The number of hydrogen-bond donors (Lipinski definition) is 0. The van der Waals surface area contributed by atoms with Gasteiger partial charge in [-0.05, 0) is 30.3 Å². The molecule has 0 radical (unpaired) electrons. The third-order valence-electron chi connectivity index (χ3n) is 3.45. The fourth-order valence-electron chi connectivity index (χ4n) is 2.46. The minimum Gasteiger partial charge on any atom is -0.376 e. The second-order valence-electron chi connectivity index (χ2n) is 5.02. The number of rotatable bonds is 2. The van der Waals surface area contributed by atoms with E-state index in [1.165, 1.54) is 4.90 Å². The van der Waals surface area contributed by atoms with Crippen LogP contribution in [0.2, 0.25) is 0 Å². The molecular weight excluding hydrogens is 332 g/mol. The first-order chi connectivity index (χ1) is 10.0. The Balaban J connectivity index is 2.17. The molecule has 0 aliphatic carbocycles. The maximum atomic E-state index is 12.6. The van der Waals surface area contributed by atoms with E-state index in [0.29, 0.717) is 16.8 Å². The van der Waals surface area contributed by atoms with E-state index in [9.17, 15) is 9.59 Å². The molecule has 1 heterocycles. The highest BCUT2D eigenvalue weighted by Crippen LogP contribution is 2.36. The molecule has 1 aliphatic rings. The van der Waals surface area contributed by atoms with Crippen LogP contribution in [-0.2, 0) is 0 Å². The molecule has 4 nitrogen and oxygen atoms in total. The average Bonchev–Trinajstić information content (AvgIpc) is 2.71. The van der Waals surface area contributed by atoms with Crippen LogP contribution in [-0.4, -0.2) is 25.9 Å². The molecule has 0 fully saturated rings. The number of carbonyl (C=O) groups is 2. The highest BCUT2D eigenvalue weighted by Gasteiger charge is 2.37. The lowest BCUT2D eigenvalue weighted by Crippen LogP contribution is -2.31. The summed E-state index contributed by atoms with van der Waals surface area (Å²) >= 11 is 3.40. The Morgan fingerprint density at radius 2 is 1.52 bits per heavy atom. The van der Waals surface area contributed by atoms with Gasteiger partial charge in [0.15, 0.2) is 0 Å². The third kappa shape index (κ3) is 2.14. The molecule has 0 aromatic heterocycles. The molecule has 0 bridgehead atoms. The summed E-state index contributed by atoms with van der Waals surface area (Å²) in [7, 11) is 3.76. The van der Waals surface area contributed by atoms with Crippen LogP contribution in [0.1, 0.15) is 20.7 Å². The molecule has 1 aliphatic heterocycles. The number of carbonyl (C=O) groups excluding carboxylic acids is 2. The van der Waals surface area contributed by atoms with Gasteiger partial charge in [0.25, 0.3) is 11.8 Å². The molecule has 5 heteroatoms. The number of imide groups is 1. The monoisotopic (exact) mass is 344 g/mol. The first-order valence-corrected chi connectivity index (χ1v) is 7.24. The fourth-order valence-corrected chi connectivity index (χ4v) is 2.81. The molecule has 2 amide bonds. The summed E-state index contributed by atoms with van der Waals surface area (Å²) in [4.78, 5) is 28.3. The Bertz CT molecular complexity index is 721. The molecular formula is C16H13BrN2O2. The largest absolute Gasteiger partial charge is 0.376 e. The minimum absolute atomic E-state index is 0.281. The Morgan fingerprint density at radius 3 is 2.05 bits per heavy atom. The smallest absolute Gasteiger partial charge is 0.266 e. The Labute approximate surface area is 131 Å². The van der Waals surface area contributed by atoms with Crippen LogP contribution < -0.4 is 9.80 Å². The van der Waals surface area contributed by atoms with Gasteiger partial charge < -0.3 is 4.90 Å². The van der Waals surface area contributed by atoms with Crippen molar-refractivity contribution in [2.75, 3.05) is 23.9 Å². The molecule has 0 spiro atoms. The van der Waals surface area contributed by atoms with Crippen LogP contribution in [0.4, 0.5) is 11.4 Å². The summed E-state index contributed by atoms with van der Waals surface area (Å²) in [6, 6.07) is 12.4. The second kappa shape index (κ2) is 5.00. The van der Waals surface area contributed by atoms with Crippen LogP contribution in [0.15, 0.2) is 46.9 Å². The van der Waals surface area contributed by atoms with Crippen LogP contribution in [0.25, 0.3) is 0 Å². The van der Waals surface area contributed by atoms with Crippen molar-refractivity contribution in [1.82, 2.24) is 0 Å². The summed E-state index contributed by atoms with van der Waals surface area (Å²) in [5.41, 5.74) is 2.30. The maximum absolute atomic E-state index is 12.6. The molecule has 0 atom stereocenters. The number of nitrogens with zero attached hydrogens (tertiary/aromatic N) is 2. The Hall–Kier alpha value is -2.14. The summed E-state index contributed by atoms with van der Waals surface area (Å²) < 4.78 is 0.819. The maximum Gasteiger partial charge on any atom is 0.266 e. The van der Waals surface area contributed by atoms with E-state index in [4.69, 9.17) is 0 Å². The van der Waals surface area contributed by atoms with Crippen LogP contribution in [0.3, 0.4) is 0 Å². The molecule has 0 unspecified atom stereocenters. The van der Waals surface area contributed by atoms with E-state index in [-0.39, 0.29) is 11.8 Å². The predicted octanol–water partition coefficient (Wildman–Crippen LogP) is 3.32. The predicted molar refractivity (Wildman–Crippen MR) is 86.1 cm³/mol. The SMILES string of the molecule is CN(C)c1ccc(Br)cc1N1C(=O)c2ccccc2C1=O. The van der Waals surface area contributed by atoms with E-state index in [0.717, 1.165) is 10.2 Å². The zero-order valence-corrected chi connectivity index (χ0v) is 13.2. The first-order valence-electron chi connectivity index (χ1n) is 6.45. The normalized spacial score (nSPS) is 13.6. The van der Waals surface area contributed by atoms with Crippen molar-refractivity contribution < 1.29 is 9.59 Å². The summed E-state index contributed by atoms with van der Waals surface area (Å²) in [5.74, 6) is -0.561. The molecule has 2 aromatic rings. The van der Waals surface area contributed by atoms with Crippen molar-refractivity contribution in [1.29, 1.82) is 0 Å². The van der Waals surface area contributed by atoms with Gasteiger partial charge in [0.05, 0.1) is 22.5 Å². The Morgan fingerprint density at radius 1 is 0.952 bits per heavy atom. The number of fused-ring (bicyclic) bond motifs is 1. The molecule has 106 valence electrons. The molecule has 0 saturated heterocycles. The van der Waals surface area contributed by atoms with Crippen molar-refractivity contribution in [2.24, 2.45) is 0 Å². The molecule has 3 rings (SSSR count). The van der Waals surface area contributed by atoms with Gasteiger partial charge in [-0.2, -0.15) is 0 Å². The summed E-state index contributed by atoms with van der Waals surface area (Å²) in [5, 5.41) is 0. The van der Waals surface area contributed by atoms with E-state index in [1.54, 1.807) is 30.3 Å². The molecule has 21 heavy (non-hydrogen) atoms. The fraction of sp³-hybridized carbons (Fsp3) is 0.125. The highest BCUT2D eigenvalue weighted by atomic mass is 79.9. The average molecular weight is 345 g/mol. The number of benzene rings is 2. The van der Waals surface area contributed by atoms with E-state index in [1.807, 2.05) is 31.1 Å². The van der Waals surface area contributed by atoms with Crippen LogP contribution in [0, 0.1) is 0 Å². The van der Waals surface area contributed by atoms with Gasteiger partial charge >= 0.3 is 0 Å². The zero-order valence-electron chi connectivity index (χ0n) is 11.6. The second-order valence-corrected chi connectivity index (χ2v) is 5.93. The number of halogens is 1. The minimum atomic E-state index is -0.281. The van der Waals surface area contributed by atoms with Gasteiger partial charge in [-0.3, -0.25) is 9.59 Å². The van der Waals surface area contributed by atoms with Crippen LogP contribution >= 0.6 is 15.9 Å². The van der Waals surface area contributed by atoms with Crippen molar-refractivity contribution in [2.45, 2.75) is 0 Å². The van der Waals surface area contributed by atoms with Gasteiger partial charge in [-0.1, -0.05) is 28.1 Å². The molecule has 2 aromatic carbocycles. The Kier molecular flexibility index (Phi) is 3.29. The van der Waals surface area contributed by atoms with Gasteiger partial charge in [0, 0.05) is 18.6 Å². The lowest BCUT2D eigenvalue weighted by Gasteiger charge is -2.23. The van der Waals surface area contributed by atoms with Crippen molar-refractivity contribution in [3.8, 4) is 0 Å². The topological polar surface area (TPSA) is 40.6 Å². The van der Waals surface area contributed by atoms with Gasteiger partial charge in [-0.25, -0.2) is 4.90 Å². The van der Waals surface area contributed by atoms with Crippen molar-refractivity contribution >= 4 is 39.1 Å². The zero-order chi connectivity index (χ0) is 15.1. The standard InChI is InChI=1S/C16H13BrN2O2/c1-18(2)13-8-7-10(17)9-14(13)19-15(20)11-5-3-4-6-12(11)16(19)21/h3-9H,1-2H3. The van der Waals surface area contributed by atoms with Crippen molar-refractivity contribution in [3.63, 3.8) is 0 Å². The van der Waals surface area contributed by atoms with E-state index < -0.39 is 0 Å². The number of hydrogen-bond acceptors (Lipinski definition) is 3. The number of anilines is 2. The lowest BCUT2D eigenvalue weighted by atomic mass is 10.1. The summed E-state index contributed by atoms with van der Waals surface area (Å²) in [6.07, 6.45) is 0. The third-order valence-corrected chi connectivity index (χ3v) is 3.95. The van der Waals surface area contributed by atoms with Gasteiger partial charge in [0.2, 0.25) is 0 Å².